The van der Waals surface area contributed by atoms with Crippen molar-refractivity contribution in [3.05, 3.63) is 106 Å². The van der Waals surface area contributed by atoms with Crippen LogP contribution in [0.3, 0.4) is 0 Å². The highest BCUT2D eigenvalue weighted by Gasteiger charge is 2.09. The van der Waals surface area contributed by atoms with E-state index in [9.17, 15) is 4.79 Å². The van der Waals surface area contributed by atoms with Gasteiger partial charge in [-0.05, 0) is 65.2 Å². The molecule has 0 heterocycles. The molecule has 0 atom stereocenters. The first kappa shape index (κ1) is 18.7. The van der Waals surface area contributed by atoms with Crippen molar-refractivity contribution in [2.75, 3.05) is 5.32 Å². The molecule has 3 aromatic carbocycles. The highest BCUT2D eigenvalue weighted by molar-refractivity contribution is 6.31. The van der Waals surface area contributed by atoms with Crippen molar-refractivity contribution in [2.24, 2.45) is 0 Å². The molecule has 132 valence electrons. The van der Waals surface area contributed by atoms with Gasteiger partial charge in [0.2, 0.25) is 5.91 Å². The minimum absolute atomic E-state index is 0.278. The molecule has 5 heteroatoms. The SMILES string of the molecule is N#Cc1ccc(NC(=O)C=C(c2ccc(Cl)cc2)c2ccc(Cl)cc2)cc1. The lowest BCUT2D eigenvalue weighted by Gasteiger charge is -2.10. The van der Waals surface area contributed by atoms with Crippen molar-refractivity contribution < 1.29 is 4.79 Å². The third-order valence-electron chi connectivity index (χ3n) is 3.87. The molecule has 0 bridgehead atoms. The van der Waals surface area contributed by atoms with E-state index >= 15 is 0 Å². The zero-order valence-corrected chi connectivity index (χ0v) is 15.6. The van der Waals surface area contributed by atoms with E-state index in [-0.39, 0.29) is 5.91 Å². The van der Waals surface area contributed by atoms with Gasteiger partial charge in [-0.3, -0.25) is 4.79 Å². The predicted octanol–water partition coefficient (Wildman–Crippen LogP) is 5.94. The number of nitrogens with one attached hydrogen (secondary N) is 1. The van der Waals surface area contributed by atoms with Crippen LogP contribution in [-0.4, -0.2) is 5.91 Å². The maximum absolute atomic E-state index is 12.6. The summed E-state index contributed by atoms with van der Waals surface area (Å²) < 4.78 is 0. The first-order chi connectivity index (χ1) is 13.0. The Bertz CT molecular complexity index is 968. The van der Waals surface area contributed by atoms with Crippen LogP contribution in [0, 0.1) is 11.3 Å². The molecule has 3 nitrogen and oxygen atoms in total. The zero-order valence-electron chi connectivity index (χ0n) is 14.1. The number of rotatable bonds is 4. The van der Waals surface area contributed by atoms with Crippen LogP contribution in [0.15, 0.2) is 78.9 Å². The summed E-state index contributed by atoms with van der Waals surface area (Å²) in [5.41, 5.74) is 3.61. The fourth-order valence-corrected chi connectivity index (χ4v) is 2.78. The Balaban J connectivity index is 1.93. The number of anilines is 1. The number of hydrogen-bond acceptors (Lipinski definition) is 2. The second-order valence-corrected chi connectivity index (χ2v) is 6.62. The molecule has 0 aliphatic rings. The lowest BCUT2D eigenvalue weighted by molar-refractivity contribution is -0.111. The van der Waals surface area contributed by atoms with Gasteiger partial charge in [0.05, 0.1) is 11.6 Å². The summed E-state index contributed by atoms with van der Waals surface area (Å²) in [5.74, 6) is -0.278. The Morgan fingerprint density at radius 2 is 1.30 bits per heavy atom. The van der Waals surface area contributed by atoms with Crippen LogP contribution in [0.2, 0.25) is 10.0 Å². The molecule has 1 amide bonds. The average Bonchev–Trinajstić information content (AvgIpc) is 2.68. The van der Waals surface area contributed by atoms with E-state index in [2.05, 4.69) is 5.32 Å². The van der Waals surface area contributed by atoms with E-state index < -0.39 is 0 Å². The van der Waals surface area contributed by atoms with Crippen LogP contribution in [0.1, 0.15) is 16.7 Å². The van der Waals surface area contributed by atoms with Gasteiger partial charge < -0.3 is 5.32 Å². The van der Waals surface area contributed by atoms with Gasteiger partial charge in [0.25, 0.3) is 0 Å². The van der Waals surface area contributed by atoms with Gasteiger partial charge >= 0.3 is 0 Å². The summed E-state index contributed by atoms with van der Waals surface area (Å²) in [4.78, 5) is 12.6. The fraction of sp³-hybridized carbons (Fsp3) is 0. The van der Waals surface area contributed by atoms with Crippen molar-refractivity contribution in [2.45, 2.75) is 0 Å². The summed E-state index contributed by atoms with van der Waals surface area (Å²) >= 11 is 12.0. The highest BCUT2D eigenvalue weighted by atomic mass is 35.5. The number of nitriles is 1. The Morgan fingerprint density at radius 1 is 0.815 bits per heavy atom. The van der Waals surface area contributed by atoms with Gasteiger partial charge in [0.15, 0.2) is 0 Å². The van der Waals surface area contributed by atoms with Gasteiger partial charge in [-0.15, -0.1) is 0 Å². The first-order valence-corrected chi connectivity index (χ1v) is 8.85. The molecule has 0 aromatic heterocycles. The van der Waals surface area contributed by atoms with Crippen LogP contribution in [0.4, 0.5) is 5.69 Å². The molecular weight excluding hydrogens is 379 g/mol. The number of nitrogens with zero attached hydrogens (tertiary/aromatic N) is 1. The van der Waals surface area contributed by atoms with Gasteiger partial charge in [-0.25, -0.2) is 0 Å². The molecule has 3 aromatic rings. The van der Waals surface area contributed by atoms with Crippen molar-refractivity contribution in [3.8, 4) is 6.07 Å². The van der Waals surface area contributed by atoms with Crippen LogP contribution >= 0.6 is 23.2 Å². The molecule has 0 spiro atoms. The molecule has 0 aliphatic carbocycles. The molecule has 0 saturated heterocycles. The number of amides is 1. The van der Waals surface area contributed by atoms with E-state index in [1.54, 1.807) is 48.5 Å². The third-order valence-corrected chi connectivity index (χ3v) is 4.37. The summed E-state index contributed by atoms with van der Waals surface area (Å²) in [6, 6.07) is 23.3. The number of benzene rings is 3. The van der Waals surface area contributed by atoms with E-state index in [4.69, 9.17) is 28.5 Å². The molecule has 3 rings (SSSR count). The molecule has 0 unspecified atom stereocenters. The average molecular weight is 393 g/mol. The lowest BCUT2D eigenvalue weighted by Crippen LogP contribution is -2.09. The molecule has 0 aliphatic heterocycles. The van der Waals surface area contributed by atoms with Gasteiger partial charge in [0.1, 0.15) is 0 Å². The summed E-state index contributed by atoms with van der Waals surface area (Å²) in [6.45, 7) is 0. The second-order valence-electron chi connectivity index (χ2n) is 5.75. The van der Waals surface area contributed by atoms with Gasteiger partial charge in [-0.1, -0.05) is 47.5 Å². The number of halogens is 2. The van der Waals surface area contributed by atoms with E-state index in [0.717, 1.165) is 16.7 Å². The smallest absolute Gasteiger partial charge is 0.249 e. The quantitative estimate of drug-likeness (QED) is 0.558. The second kappa shape index (κ2) is 8.55. The fourth-order valence-electron chi connectivity index (χ4n) is 2.53. The third kappa shape index (κ3) is 4.98. The summed E-state index contributed by atoms with van der Waals surface area (Å²) in [7, 11) is 0. The predicted molar refractivity (Wildman–Crippen MR) is 110 cm³/mol. The van der Waals surface area contributed by atoms with Crippen LogP contribution in [0.5, 0.6) is 0 Å². The zero-order chi connectivity index (χ0) is 19.2. The minimum Gasteiger partial charge on any atom is -0.322 e. The standard InChI is InChI=1S/C22H14Cl2N2O/c23-18-7-3-16(4-8-18)21(17-5-9-19(24)10-6-17)13-22(27)26-20-11-1-15(14-25)2-12-20/h1-13H,(H,26,27). The maximum Gasteiger partial charge on any atom is 0.249 e. The van der Waals surface area contributed by atoms with Crippen LogP contribution < -0.4 is 5.32 Å². The number of carbonyl (C=O) groups is 1. The molecule has 0 fully saturated rings. The number of hydrogen-bond donors (Lipinski definition) is 1. The minimum atomic E-state index is -0.278. The molecule has 1 N–H and O–H groups in total. The molecular formula is C22H14Cl2N2O. The molecule has 27 heavy (non-hydrogen) atoms. The summed E-state index contributed by atoms with van der Waals surface area (Å²) in [5, 5.41) is 12.9. The van der Waals surface area contributed by atoms with Crippen molar-refractivity contribution in [3.63, 3.8) is 0 Å². The maximum atomic E-state index is 12.6. The van der Waals surface area contributed by atoms with Crippen molar-refractivity contribution >= 4 is 40.4 Å². The van der Waals surface area contributed by atoms with Crippen LogP contribution in [-0.2, 0) is 4.79 Å². The first-order valence-electron chi connectivity index (χ1n) is 8.10. The Hall–Kier alpha value is -3.06. The normalized spacial score (nSPS) is 9.96. The van der Waals surface area contributed by atoms with E-state index in [1.807, 2.05) is 30.3 Å². The van der Waals surface area contributed by atoms with Crippen molar-refractivity contribution in [1.82, 2.24) is 0 Å². The largest absolute Gasteiger partial charge is 0.322 e. The van der Waals surface area contributed by atoms with Crippen molar-refractivity contribution in [1.29, 1.82) is 5.26 Å². The lowest BCUT2D eigenvalue weighted by atomic mass is 9.97. The van der Waals surface area contributed by atoms with E-state index in [1.165, 1.54) is 6.08 Å². The topological polar surface area (TPSA) is 52.9 Å². The Kier molecular flexibility index (Phi) is 5.93. The molecule has 0 radical (unpaired) electrons. The Morgan fingerprint density at radius 3 is 1.74 bits per heavy atom. The van der Waals surface area contributed by atoms with Crippen LogP contribution in [0.25, 0.3) is 5.57 Å². The van der Waals surface area contributed by atoms with Gasteiger partial charge in [0, 0.05) is 21.8 Å². The summed E-state index contributed by atoms with van der Waals surface area (Å²) in [6.07, 6.45) is 1.53. The number of carbonyl (C=O) groups excluding carboxylic acids is 1. The molecule has 0 saturated carbocycles. The Labute approximate surface area is 167 Å². The monoisotopic (exact) mass is 392 g/mol. The van der Waals surface area contributed by atoms with E-state index in [0.29, 0.717) is 21.3 Å². The van der Waals surface area contributed by atoms with Gasteiger partial charge in [-0.2, -0.15) is 5.26 Å². The highest BCUT2D eigenvalue weighted by Crippen LogP contribution is 2.26.